The van der Waals surface area contributed by atoms with Crippen LogP contribution in [-0.4, -0.2) is 26.4 Å². The summed E-state index contributed by atoms with van der Waals surface area (Å²) in [5.41, 5.74) is 8.36. The van der Waals surface area contributed by atoms with E-state index in [9.17, 15) is 0 Å². The van der Waals surface area contributed by atoms with E-state index in [2.05, 4.69) is 15.1 Å². The Hall–Kier alpha value is -2.15. The van der Waals surface area contributed by atoms with E-state index in [4.69, 9.17) is 10.5 Å². The molecule has 7 heteroatoms. The highest BCUT2D eigenvalue weighted by atomic mass is 32.2. The number of H-pyrrole nitrogens is 1. The van der Waals surface area contributed by atoms with E-state index in [1.54, 1.807) is 10.9 Å². The zero-order chi connectivity index (χ0) is 14.1. The van der Waals surface area contributed by atoms with Crippen LogP contribution in [0.4, 0.5) is 5.69 Å². The number of hydrogen-bond acceptors (Lipinski definition) is 5. The number of ether oxygens (including phenoxy) is 1. The van der Waals surface area contributed by atoms with Gasteiger partial charge in [0.05, 0.1) is 23.3 Å². The maximum atomic E-state index is 5.88. The normalized spacial score (nSPS) is 11.1. The molecule has 0 atom stereocenters. The van der Waals surface area contributed by atoms with Gasteiger partial charge in [0.2, 0.25) is 0 Å². The Bertz CT molecular complexity index is 748. The van der Waals surface area contributed by atoms with E-state index in [0.29, 0.717) is 12.3 Å². The molecule has 0 fully saturated rings. The molecule has 0 radical (unpaired) electrons. The highest BCUT2D eigenvalue weighted by Gasteiger charge is 2.10. The molecule has 104 valence electrons. The molecule has 0 unspecified atom stereocenters. The molecule has 3 aromatic rings. The molecule has 0 aliphatic rings. The van der Waals surface area contributed by atoms with Crippen molar-refractivity contribution in [3.8, 4) is 5.75 Å². The van der Waals surface area contributed by atoms with Crippen LogP contribution in [-0.2, 0) is 7.05 Å². The van der Waals surface area contributed by atoms with E-state index in [1.807, 2.05) is 32.2 Å². The zero-order valence-electron chi connectivity index (χ0n) is 11.3. The Balaban J connectivity index is 1.90. The van der Waals surface area contributed by atoms with Gasteiger partial charge < -0.3 is 15.5 Å². The molecular weight excluding hydrogens is 274 g/mol. The van der Waals surface area contributed by atoms with Crippen LogP contribution in [0, 0.1) is 0 Å². The number of hydrogen-bond donors (Lipinski definition) is 2. The molecule has 20 heavy (non-hydrogen) atoms. The van der Waals surface area contributed by atoms with Crippen molar-refractivity contribution >= 4 is 28.5 Å². The van der Waals surface area contributed by atoms with Gasteiger partial charge in [-0.2, -0.15) is 5.10 Å². The van der Waals surface area contributed by atoms with E-state index in [-0.39, 0.29) is 0 Å². The number of aryl methyl sites for hydroxylation is 1. The van der Waals surface area contributed by atoms with Crippen molar-refractivity contribution < 1.29 is 4.74 Å². The van der Waals surface area contributed by atoms with Crippen molar-refractivity contribution in [2.75, 3.05) is 12.3 Å². The fourth-order valence-corrected chi connectivity index (χ4v) is 2.76. The first-order chi connectivity index (χ1) is 9.65. The highest BCUT2D eigenvalue weighted by molar-refractivity contribution is 7.99. The predicted octanol–water partition coefficient (Wildman–Crippen LogP) is 2.43. The lowest BCUT2D eigenvalue weighted by Gasteiger charge is -2.00. The SMILES string of the molecule is CCOc1ccc2nc(Sc3nn(C)cc3N)[nH]c2c1. The van der Waals surface area contributed by atoms with Crippen LogP contribution in [0.25, 0.3) is 11.0 Å². The Morgan fingerprint density at radius 2 is 2.30 bits per heavy atom. The number of aromatic nitrogens is 4. The molecule has 0 saturated carbocycles. The third-order valence-corrected chi connectivity index (χ3v) is 3.65. The summed E-state index contributed by atoms with van der Waals surface area (Å²) in [4.78, 5) is 7.75. The van der Waals surface area contributed by atoms with Gasteiger partial charge in [0.1, 0.15) is 10.8 Å². The van der Waals surface area contributed by atoms with Crippen LogP contribution in [0.2, 0.25) is 0 Å². The van der Waals surface area contributed by atoms with Crippen LogP contribution in [0.3, 0.4) is 0 Å². The van der Waals surface area contributed by atoms with Crippen molar-refractivity contribution in [1.82, 2.24) is 19.7 Å². The molecule has 0 bridgehead atoms. The smallest absolute Gasteiger partial charge is 0.172 e. The summed E-state index contributed by atoms with van der Waals surface area (Å²) in [6.45, 7) is 2.61. The molecule has 6 nitrogen and oxygen atoms in total. The van der Waals surface area contributed by atoms with Crippen LogP contribution in [0.5, 0.6) is 5.75 Å². The fourth-order valence-electron chi connectivity index (χ4n) is 1.93. The van der Waals surface area contributed by atoms with Gasteiger partial charge in [0, 0.05) is 19.3 Å². The van der Waals surface area contributed by atoms with E-state index >= 15 is 0 Å². The lowest BCUT2D eigenvalue weighted by molar-refractivity contribution is 0.340. The first-order valence-electron chi connectivity index (χ1n) is 6.25. The Morgan fingerprint density at radius 1 is 1.45 bits per heavy atom. The summed E-state index contributed by atoms with van der Waals surface area (Å²) in [6, 6.07) is 5.79. The van der Waals surface area contributed by atoms with Gasteiger partial charge in [-0.3, -0.25) is 4.68 Å². The van der Waals surface area contributed by atoms with Gasteiger partial charge in [-0.1, -0.05) is 0 Å². The molecule has 3 N–H and O–H groups in total. The largest absolute Gasteiger partial charge is 0.494 e. The first kappa shape index (κ1) is 12.9. The fraction of sp³-hybridized carbons (Fsp3) is 0.231. The molecule has 2 heterocycles. The molecule has 2 aromatic heterocycles. The summed E-state index contributed by atoms with van der Waals surface area (Å²) in [5, 5.41) is 5.80. The molecule has 0 aliphatic heterocycles. The van der Waals surface area contributed by atoms with Gasteiger partial charge >= 0.3 is 0 Å². The van der Waals surface area contributed by atoms with E-state index < -0.39 is 0 Å². The number of fused-ring (bicyclic) bond motifs is 1. The standard InChI is InChI=1S/C13H15N5OS/c1-3-19-8-4-5-10-11(6-8)16-13(15-10)20-12-9(14)7-18(2)17-12/h4-7H,3,14H2,1-2H3,(H,15,16). The first-order valence-corrected chi connectivity index (χ1v) is 7.07. The zero-order valence-corrected chi connectivity index (χ0v) is 12.1. The number of imidazole rings is 1. The number of nitrogens with one attached hydrogen (secondary N) is 1. The van der Waals surface area contributed by atoms with E-state index in [0.717, 1.165) is 27.0 Å². The lowest BCUT2D eigenvalue weighted by atomic mass is 10.3. The van der Waals surface area contributed by atoms with Crippen molar-refractivity contribution in [3.05, 3.63) is 24.4 Å². The number of nitrogens with two attached hydrogens (primary N) is 1. The third kappa shape index (κ3) is 2.44. The summed E-state index contributed by atoms with van der Waals surface area (Å²) in [6.07, 6.45) is 1.78. The number of nitrogen functional groups attached to an aromatic ring is 1. The minimum Gasteiger partial charge on any atom is -0.494 e. The number of nitrogens with zero attached hydrogens (tertiary/aromatic N) is 3. The number of benzene rings is 1. The van der Waals surface area contributed by atoms with Crippen molar-refractivity contribution in [2.45, 2.75) is 17.1 Å². The molecule has 1 aromatic carbocycles. The number of anilines is 1. The van der Waals surface area contributed by atoms with Gasteiger partial charge in [-0.15, -0.1) is 0 Å². The molecule has 0 spiro atoms. The summed E-state index contributed by atoms with van der Waals surface area (Å²) >= 11 is 1.42. The lowest BCUT2D eigenvalue weighted by Crippen LogP contribution is -1.90. The van der Waals surface area contributed by atoms with Crippen LogP contribution < -0.4 is 10.5 Å². The summed E-state index contributed by atoms with van der Waals surface area (Å²) < 4.78 is 7.16. The second-order valence-electron chi connectivity index (χ2n) is 4.32. The van der Waals surface area contributed by atoms with Crippen molar-refractivity contribution in [3.63, 3.8) is 0 Å². The Kier molecular flexibility index (Phi) is 3.27. The molecule has 0 saturated heterocycles. The van der Waals surface area contributed by atoms with Crippen LogP contribution in [0.1, 0.15) is 6.92 Å². The summed E-state index contributed by atoms with van der Waals surface area (Å²) in [7, 11) is 1.84. The second kappa shape index (κ2) is 5.09. The van der Waals surface area contributed by atoms with Crippen molar-refractivity contribution in [2.24, 2.45) is 7.05 Å². The maximum Gasteiger partial charge on any atom is 0.172 e. The average Bonchev–Trinajstić information content (AvgIpc) is 2.93. The molecular formula is C13H15N5OS. The molecule has 0 aliphatic carbocycles. The third-order valence-electron chi connectivity index (χ3n) is 2.76. The molecule has 3 rings (SSSR count). The topological polar surface area (TPSA) is 81.8 Å². The minimum absolute atomic E-state index is 0.645. The predicted molar refractivity (Wildman–Crippen MR) is 79.0 cm³/mol. The highest BCUT2D eigenvalue weighted by Crippen LogP contribution is 2.30. The summed E-state index contributed by atoms with van der Waals surface area (Å²) in [5.74, 6) is 0.831. The van der Waals surface area contributed by atoms with Crippen molar-refractivity contribution in [1.29, 1.82) is 0 Å². The number of rotatable bonds is 4. The van der Waals surface area contributed by atoms with Gasteiger partial charge in [0.15, 0.2) is 5.16 Å². The molecule has 0 amide bonds. The number of aromatic amines is 1. The Labute approximate surface area is 120 Å². The van der Waals surface area contributed by atoms with Crippen LogP contribution >= 0.6 is 11.8 Å². The van der Waals surface area contributed by atoms with Crippen LogP contribution in [0.15, 0.2) is 34.6 Å². The van der Waals surface area contributed by atoms with E-state index in [1.165, 1.54) is 11.8 Å². The van der Waals surface area contributed by atoms with Gasteiger partial charge in [-0.25, -0.2) is 4.98 Å². The minimum atomic E-state index is 0.645. The maximum absolute atomic E-state index is 5.88. The van der Waals surface area contributed by atoms with Gasteiger partial charge in [0.25, 0.3) is 0 Å². The average molecular weight is 289 g/mol. The second-order valence-corrected chi connectivity index (χ2v) is 5.30. The monoisotopic (exact) mass is 289 g/mol. The van der Waals surface area contributed by atoms with Gasteiger partial charge in [-0.05, 0) is 30.8 Å². The quantitative estimate of drug-likeness (QED) is 0.771. The Morgan fingerprint density at radius 3 is 3.00 bits per heavy atom.